The van der Waals surface area contributed by atoms with Gasteiger partial charge in [-0.1, -0.05) is 29.8 Å². The van der Waals surface area contributed by atoms with Crippen molar-refractivity contribution in [1.29, 1.82) is 0 Å². The summed E-state index contributed by atoms with van der Waals surface area (Å²) in [6.45, 7) is 8.22. The van der Waals surface area contributed by atoms with Crippen LogP contribution in [0.3, 0.4) is 0 Å². The molecule has 7 heteroatoms. The molecule has 1 unspecified atom stereocenters. The molecular weight excluding hydrogens is 439 g/mol. The lowest BCUT2D eigenvalue weighted by Crippen LogP contribution is -2.49. The Kier molecular flexibility index (Phi) is 7.27. The molecule has 4 nitrogen and oxygen atoms in total. The minimum atomic E-state index is -0.747. The van der Waals surface area contributed by atoms with Crippen molar-refractivity contribution < 1.29 is 9.59 Å². The molecule has 0 bridgehead atoms. The monoisotopic (exact) mass is 464 g/mol. The second-order valence-corrected chi connectivity index (χ2v) is 9.79. The third-order valence-corrected chi connectivity index (χ3v) is 7.26. The quantitative estimate of drug-likeness (QED) is 0.419. The number of hydrogen-bond acceptors (Lipinski definition) is 3. The molecule has 0 saturated heterocycles. The van der Waals surface area contributed by atoms with Crippen LogP contribution in [0.1, 0.15) is 35.9 Å². The Morgan fingerprint density at radius 2 is 2.00 bits per heavy atom. The molecule has 1 aliphatic rings. The molecule has 0 aliphatic carbocycles. The fourth-order valence-electron chi connectivity index (χ4n) is 3.70. The summed E-state index contributed by atoms with van der Waals surface area (Å²) in [5.41, 5.74) is 1.41. The van der Waals surface area contributed by atoms with E-state index in [0.29, 0.717) is 18.1 Å². The fraction of sp³-hybridized carbons (Fsp3) is 0.391. The first-order chi connectivity index (χ1) is 14.3. The van der Waals surface area contributed by atoms with Crippen LogP contribution in [0.2, 0.25) is 5.02 Å². The van der Waals surface area contributed by atoms with Crippen molar-refractivity contribution in [2.24, 2.45) is 5.41 Å². The third-order valence-electron chi connectivity index (χ3n) is 5.35. The van der Waals surface area contributed by atoms with Crippen LogP contribution in [0.5, 0.6) is 0 Å². The average molecular weight is 465 g/mol. The number of hydrogen-bond donors (Lipinski definition) is 0. The van der Waals surface area contributed by atoms with E-state index in [0.717, 1.165) is 17.5 Å². The largest absolute Gasteiger partial charge is 0.330 e. The molecule has 2 amide bonds. The van der Waals surface area contributed by atoms with Gasteiger partial charge in [-0.15, -0.1) is 29.5 Å². The number of carbonyl (C=O) groups excluding carboxylic acids is 2. The van der Waals surface area contributed by atoms with Gasteiger partial charge in [0.15, 0.2) is 0 Å². The van der Waals surface area contributed by atoms with E-state index in [4.69, 9.17) is 23.2 Å². The normalized spacial score (nSPS) is 16.1. The number of rotatable bonds is 7. The Labute approximate surface area is 192 Å². The van der Waals surface area contributed by atoms with Crippen molar-refractivity contribution in [3.8, 4) is 0 Å². The van der Waals surface area contributed by atoms with Gasteiger partial charge in [0.2, 0.25) is 11.8 Å². The SMILES string of the molecule is C=CCN(CC(=O)N1CCc2sccc2C1c1ccc(Cl)cc1)C(=O)C(C)(C)CCl. The number of carbonyl (C=O) groups is 2. The van der Waals surface area contributed by atoms with Gasteiger partial charge in [0, 0.05) is 28.9 Å². The molecule has 2 heterocycles. The van der Waals surface area contributed by atoms with Gasteiger partial charge in [-0.05, 0) is 55.0 Å². The van der Waals surface area contributed by atoms with Crippen molar-refractivity contribution in [2.45, 2.75) is 26.3 Å². The number of amides is 2. The van der Waals surface area contributed by atoms with E-state index in [-0.39, 0.29) is 30.3 Å². The number of thiophene rings is 1. The predicted octanol–water partition coefficient (Wildman–Crippen LogP) is 5.16. The van der Waals surface area contributed by atoms with Crippen molar-refractivity contribution in [1.82, 2.24) is 9.80 Å². The van der Waals surface area contributed by atoms with E-state index in [9.17, 15) is 9.59 Å². The van der Waals surface area contributed by atoms with Crippen LogP contribution in [0.4, 0.5) is 0 Å². The summed E-state index contributed by atoms with van der Waals surface area (Å²) in [7, 11) is 0. The molecule has 1 aliphatic heterocycles. The van der Waals surface area contributed by atoms with Crippen molar-refractivity contribution in [2.75, 3.05) is 25.5 Å². The van der Waals surface area contributed by atoms with Gasteiger partial charge in [-0.3, -0.25) is 9.59 Å². The topological polar surface area (TPSA) is 40.6 Å². The van der Waals surface area contributed by atoms with Crippen LogP contribution in [-0.2, 0) is 16.0 Å². The lowest BCUT2D eigenvalue weighted by Gasteiger charge is -2.38. The van der Waals surface area contributed by atoms with E-state index in [2.05, 4.69) is 18.0 Å². The highest BCUT2D eigenvalue weighted by atomic mass is 35.5. The molecule has 1 aromatic heterocycles. The Morgan fingerprint density at radius 3 is 2.63 bits per heavy atom. The number of fused-ring (bicyclic) bond motifs is 1. The lowest BCUT2D eigenvalue weighted by molar-refractivity contribution is -0.145. The van der Waals surface area contributed by atoms with E-state index in [1.165, 1.54) is 4.88 Å². The first-order valence-corrected chi connectivity index (χ1v) is 11.6. The van der Waals surface area contributed by atoms with E-state index in [1.807, 2.05) is 29.2 Å². The summed E-state index contributed by atoms with van der Waals surface area (Å²) in [5, 5.41) is 2.72. The van der Waals surface area contributed by atoms with Gasteiger partial charge in [0.1, 0.15) is 6.54 Å². The minimum Gasteiger partial charge on any atom is -0.330 e. The Balaban J connectivity index is 1.90. The molecule has 1 aromatic carbocycles. The highest BCUT2D eigenvalue weighted by Gasteiger charge is 2.36. The summed E-state index contributed by atoms with van der Waals surface area (Å²) in [5.74, 6) is -0.0577. The second-order valence-electron chi connectivity index (χ2n) is 8.08. The zero-order valence-electron chi connectivity index (χ0n) is 17.2. The van der Waals surface area contributed by atoms with Crippen molar-refractivity contribution in [3.05, 3.63) is 69.4 Å². The van der Waals surface area contributed by atoms with E-state index < -0.39 is 5.41 Å². The standard InChI is InChI=1S/C23H26Cl2N2O2S/c1-4-11-26(22(29)23(2,3)15-24)14-20(28)27-12-9-19-18(10-13-30-19)21(27)16-5-7-17(25)8-6-16/h4-8,10,13,21H,1,9,11-12,14-15H2,2-3H3. The van der Waals surface area contributed by atoms with Crippen LogP contribution < -0.4 is 0 Å². The van der Waals surface area contributed by atoms with Crippen LogP contribution in [-0.4, -0.2) is 47.1 Å². The van der Waals surface area contributed by atoms with E-state index >= 15 is 0 Å². The molecule has 0 fully saturated rings. The number of nitrogens with zero attached hydrogens (tertiary/aromatic N) is 2. The second kappa shape index (κ2) is 9.54. The van der Waals surface area contributed by atoms with Crippen LogP contribution >= 0.6 is 34.5 Å². The van der Waals surface area contributed by atoms with Gasteiger partial charge >= 0.3 is 0 Å². The highest BCUT2D eigenvalue weighted by Crippen LogP contribution is 2.38. The van der Waals surface area contributed by atoms with Crippen LogP contribution in [0.15, 0.2) is 48.4 Å². The Morgan fingerprint density at radius 1 is 1.30 bits per heavy atom. The van der Waals surface area contributed by atoms with Crippen LogP contribution in [0.25, 0.3) is 0 Å². The third kappa shape index (κ3) is 4.74. The molecule has 1 atom stereocenters. The van der Waals surface area contributed by atoms with Crippen molar-refractivity contribution in [3.63, 3.8) is 0 Å². The average Bonchev–Trinajstić information content (AvgIpc) is 3.21. The summed E-state index contributed by atoms with van der Waals surface area (Å²) in [4.78, 5) is 31.1. The zero-order chi connectivity index (χ0) is 21.9. The first-order valence-electron chi connectivity index (χ1n) is 9.86. The molecule has 0 saturated carbocycles. The summed E-state index contributed by atoms with van der Waals surface area (Å²) in [6, 6.07) is 9.51. The molecule has 0 N–H and O–H groups in total. The van der Waals surface area contributed by atoms with Gasteiger partial charge in [0.25, 0.3) is 0 Å². The van der Waals surface area contributed by atoms with Crippen LogP contribution in [0, 0.1) is 5.41 Å². The first kappa shape index (κ1) is 22.9. The zero-order valence-corrected chi connectivity index (χ0v) is 19.6. The molecule has 3 rings (SSSR count). The van der Waals surface area contributed by atoms with E-state index in [1.54, 1.807) is 36.2 Å². The molecule has 0 radical (unpaired) electrons. The summed E-state index contributed by atoms with van der Waals surface area (Å²) < 4.78 is 0. The Bertz CT molecular complexity index is 924. The maximum atomic E-state index is 13.4. The summed E-state index contributed by atoms with van der Waals surface area (Å²) >= 11 is 13.8. The number of benzene rings is 1. The predicted molar refractivity (Wildman–Crippen MR) is 124 cm³/mol. The highest BCUT2D eigenvalue weighted by molar-refractivity contribution is 7.10. The molecule has 0 spiro atoms. The van der Waals surface area contributed by atoms with Gasteiger partial charge in [-0.2, -0.15) is 0 Å². The molecule has 160 valence electrons. The van der Waals surface area contributed by atoms with Crippen molar-refractivity contribution >= 4 is 46.4 Å². The number of alkyl halides is 1. The summed E-state index contributed by atoms with van der Waals surface area (Å²) in [6.07, 6.45) is 2.45. The fourth-order valence-corrected chi connectivity index (χ4v) is 4.85. The van der Waals surface area contributed by atoms with Gasteiger partial charge in [0.05, 0.1) is 11.5 Å². The maximum absolute atomic E-state index is 13.4. The number of halogens is 2. The Hall–Kier alpha value is -1.82. The maximum Gasteiger partial charge on any atom is 0.243 e. The lowest BCUT2D eigenvalue weighted by atomic mass is 9.92. The molecule has 2 aromatic rings. The minimum absolute atomic E-state index is 0.00523. The molecule has 30 heavy (non-hydrogen) atoms. The van der Waals surface area contributed by atoms with Gasteiger partial charge in [-0.25, -0.2) is 0 Å². The van der Waals surface area contributed by atoms with Gasteiger partial charge < -0.3 is 9.80 Å². The molecular formula is C23H26Cl2N2O2S. The smallest absolute Gasteiger partial charge is 0.243 e.